The van der Waals surface area contributed by atoms with Gasteiger partial charge in [0.2, 0.25) is 0 Å². The lowest BCUT2D eigenvalue weighted by molar-refractivity contribution is 0.340. The Bertz CT molecular complexity index is 339. The lowest BCUT2D eigenvalue weighted by Crippen LogP contribution is -1.95. The van der Waals surface area contributed by atoms with Crippen LogP contribution in [0.4, 0.5) is 0 Å². The first-order chi connectivity index (χ1) is 8.19. The van der Waals surface area contributed by atoms with Crippen LogP contribution in [0.1, 0.15) is 49.9 Å². The zero-order valence-corrected chi connectivity index (χ0v) is 13.7. The summed E-state index contributed by atoms with van der Waals surface area (Å²) in [5.41, 5.74) is 1.31. The molecule has 0 fully saturated rings. The molecular weight excluding hydrogens is 344 g/mol. The van der Waals surface area contributed by atoms with Crippen LogP contribution < -0.4 is 4.74 Å². The molecule has 0 aliphatic rings. The number of hydrogen-bond donors (Lipinski definition) is 0. The van der Waals surface area contributed by atoms with Crippen molar-refractivity contribution in [2.75, 3.05) is 6.61 Å². The number of hydrogen-bond acceptors (Lipinski definition) is 1. The quantitative estimate of drug-likeness (QED) is 0.435. The number of benzene rings is 1. The van der Waals surface area contributed by atoms with Gasteiger partial charge in [-0.3, -0.25) is 0 Å². The molecule has 0 spiro atoms. The molecule has 0 amide bonds. The van der Waals surface area contributed by atoms with Crippen molar-refractivity contribution >= 4 is 31.9 Å². The maximum Gasteiger partial charge on any atom is 0.120 e. The minimum Gasteiger partial charge on any atom is -0.494 e. The third-order valence-corrected chi connectivity index (χ3v) is 4.32. The minimum absolute atomic E-state index is 0.430. The molecular formula is C14H20Br2O. The molecule has 96 valence electrons. The summed E-state index contributed by atoms with van der Waals surface area (Å²) in [4.78, 5) is 0.430. The van der Waals surface area contributed by atoms with Gasteiger partial charge in [-0.05, 0) is 31.0 Å². The lowest BCUT2D eigenvalue weighted by atomic mass is 10.1. The monoisotopic (exact) mass is 362 g/mol. The van der Waals surface area contributed by atoms with Gasteiger partial charge in [0.15, 0.2) is 0 Å². The second-order valence-corrected chi connectivity index (χ2v) is 6.04. The Morgan fingerprint density at radius 1 is 1.24 bits per heavy atom. The summed E-state index contributed by atoms with van der Waals surface area (Å²) in [6.07, 6.45) is 5.02. The minimum atomic E-state index is 0.430. The third-order valence-electron chi connectivity index (χ3n) is 2.68. The van der Waals surface area contributed by atoms with Crippen molar-refractivity contribution in [3.05, 3.63) is 28.2 Å². The highest BCUT2D eigenvalue weighted by Crippen LogP contribution is 2.35. The predicted octanol–water partition coefficient (Wildman–Crippen LogP) is 5.86. The highest BCUT2D eigenvalue weighted by atomic mass is 79.9. The van der Waals surface area contributed by atoms with Gasteiger partial charge in [0.1, 0.15) is 5.75 Å². The van der Waals surface area contributed by atoms with Crippen molar-refractivity contribution in [2.24, 2.45) is 0 Å². The van der Waals surface area contributed by atoms with Crippen molar-refractivity contribution in [3.63, 3.8) is 0 Å². The van der Waals surface area contributed by atoms with E-state index < -0.39 is 0 Å². The maximum atomic E-state index is 5.47. The van der Waals surface area contributed by atoms with E-state index >= 15 is 0 Å². The van der Waals surface area contributed by atoms with Crippen molar-refractivity contribution in [2.45, 2.75) is 44.4 Å². The molecule has 1 nitrogen and oxygen atoms in total. The van der Waals surface area contributed by atoms with E-state index in [1.165, 1.54) is 31.2 Å². The van der Waals surface area contributed by atoms with E-state index in [1.807, 2.05) is 19.1 Å². The van der Waals surface area contributed by atoms with Crippen LogP contribution in [-0.4, -0.2) is 6.61 Å². The standard InChI is InChI=1S/C14H20Br2O/c1-3-5-6-7-13(15)12-9-8-11(17-4-2)10-14(12)16/h8-10,13H,3-7H2,1-2H3. The number of ether oxygens (including phenoxy) is 1. The number of rotatable bonds is 7. The van der Waals surface area contributed by atoms with Crippen molar-refractivity contribution in [3.8, 4) is 5.75 Å². The predicted molar refractivity (Wildman–Crippen MR) is 81.1 cm³/mol. The molecule has 0 aromatic heterocycles. The Morgan fingerprint density at radius 3 is 2.59 bits per heavy atom. The third kappa shape index (κ3) is 5.01. The van der Waals surface area contributed by atoms with Gasteiger partial charge in [-0.25, -0.2) is 0 Å². The van der Waals surface area contributed by atoms with Gasteiger partial charge < -0.3 is 4.74 Å². The fraction of sp³-hybridized carbons (Fsp3) is 0.571. The van der Waals surface area contributed by atoms with Crippen molar-refractivity contribution in [1.29, 1.82) is 0 Å². The largest absolute Gasteiger partial charge is 0.494 e. The summed E-state index contributed by atoms with van der Waals surface area (Å²) in [5.74, 6) is 0.927. The molecule has 0 heterocycles. The smallest absolute Gasteiger partial charge is 0.120 e. The summed E-state index contributed by atoms with van der Waals surface area (Å²) in [7, 11) is 0. The van der Waals surface area contributed by atoms with Crippen molar-refractivity contribution in [1.82, 2.24) is 0 Å². The number of alkyl halides is 1. The van der Waals surface area contributed by atoms with Crippen LogP contribution in [0.25, 0.3) is 0 Å². The molecule has 1 unspecified atom stereocenters. The summed E-state index contributed by atoms with van der Waals surface area (Å²) < 4.78 is 6.60. The van der Waals surface area contributed by atoms with Gasteiger partial charge >= 0.3 is 0 Å². The highest BCUT2D eigenvalue weighted by Gasteiger charge is 2.11. The molecule has 0 radical (unpaired) electrons. The normalized spacial score (nSPS) is 12.5. The summed E-state index contributed by atoms with van der Waals surface area (Å²) in [6.45, 7) is 4.94. The van der Waals surface area contributed by atoms with E-state index in [4.69, 9.17) is 4.74 Å². The van der Waals surface area contributed by atoms with Crippen LogP contribution in [0.2, 0.25) is 0 Å². The zero-order chi connectivity index (χ0) is 12.7. The van der Waals surface area contributed by atoms with Crippen LogP contribution in [0.5, 0.6) is 5.75 Å². The molecule has 1 aromatic rings. The lowest BCUT2D eigenvalue weighted by Gasteiger charge is -2.13. The van der Waals surface area contributed by atoms with Gasteiger partial charge in [0.05, 0.1) is 6.61 Å². The van der Waals surface area contributed by atoms with Gasteiger partial charge in [-0.2, -0.15) is 0 Å². The van der Waals surface area contributed by atoms with E-state index in [2.05, 4.69) is 44.8 Å². The van der Waals surface area contributed by atoms with E-state index in [9.17, 15) is 0 Å². The van der Waals surface area contributed by atoms with Crippen LogP contribution in [-0.2, 0) is 0 Å². The summed E-state index contributed by atoms with van der Waals surface area (Å²) in [5, 5.41) is 0. The molecule has 0 bridgehead atoms. The Labute approximate surface area is 121 Å². The van der Waals surface area contributed by atoms with E-state index in [-0.39, 0.29) is 0 Å². The molecule has 1 aromatic carbocycles. The summed E-state index contributed by atoms with van der Waals surface area (Å²) in [6, 6.07) is 6.23. The second-order valence-electron chi connectivity index (χ2n) is 4.08. The first-order valence-corrected chi connectivity index (χ1v) is 7.96. The highest BCUT2D eigenvalue weighted by molar-refractivity contribution is 9.11. The van der Waals surface area contributed by atoms with Gasteiger partial charge in [0.25, 0.3) is 0 Å². The first-order valence-electron chi connectivity index (χ1n) is 6.25. The Kier molecular flexibility index (Phi) is 7.21. The molecule has 3 heteroatoms. The van der Waals surface area contributed by atoms with Crippen LogP contribution >= 0.6 is 31.9 Å². The molecule has 1 rings (SSSR count). The van der Waals surface area contributed by atoms with Crippen LogP contribution in [0.3, 0.4) is 0 Å². The number of halogens is 2. The average Bonchev–Trinajstić information content (AvgIpc) is 2.29. The van der Waals surface area contributed by atoms with E-state index in [0.29, 0.717) is 11.4 Å². The molecule has 1 atom stereocenters. The van der Waals surface area contributed by atoms with E-state index in [0.717, 1.165) is 10.2 Å². The molecule has 0 aliphatic heterocycles. The van der Waals surface area contributed by atoms with E-state index in [1.54, 1.807) is 0 Å². The summed E-state index contributed by atoms with van der Waals surface area (Å²) >= 11 is 7.38. The Balaban J connectivity index is 2.63. The van der Waals surface area contributed by atoms with Gasteiger partial charge in [-0.1, -0.05) is 64.1 Å². The van der Waals surface area contributed by atoms with Crippen LogP contribution in [0, 0.1) is 0 Å². The fourth-order valence-electron chi connectivity index (χ4n) is 1.75. The van der Waals surface area contributed by atoms with Crippen molar-refractivity contribution < 1.29 is 4.74 Å². The first kappa shape index (κ1) is 15.0. The van der Waals surface area contributed by atoms with Gasteiger partial charge in [0, 0.05) is 9.30 Å². The molecule has 0 saturated carbocycles. The second kappa shape index (κ2) is 8.15. The average molecular weight is 364 g/mol. The molecule has 0 saturated heterocycles. The Hall–Kier alpha value is -0.0200. The fourth-order valence-corrected chi connectivity index (χ4v) is 3.41. The molecule has 0 N–H and O–H groups in total. The zero-order valence-electron chi connectivity index (χ0n) is 10.5. The topological polar surface area (TPSA) is 9.23 Å². The SMILES string of the molecule is CCCCCC(Br)c1ccc(OCC)cc1Br. The Morgan fingerprint density at radius 2 is 2.00 bits per heavy atom. The van der Waals surface area contributed by atoms with Gasteiger partial charge in [-0.15, -0.1) is 0 Å². The maximum absolute atomic E-state index is 5.47. The number of unbranched alkanes of at least 4 members (excludes halogenated alkanes) is 2. The molecule has 0 aliphatic carbocycles. The van der Waals surface area contributed by atoms with Crippen LogP contribution in [0.15, 0.2) is 22.7 Å². The molecule has 17 heavy (non-hydrogen) atoms.